The van der Waals surface area contributed by atoms with Gasteiger partial charge in [0.1, 0.15) is 11.6 Å². The van der Waals surface area contributed by atoms with E-state index in [0.29, 0.717) is 0 Å². The summed E-state index contributed by atoms with van der Waals surface area (Å²) in [6.07, 6.45) is 0. The van der Waals surface area contributed by atoms with Crippen molar-refractivity contribution in [1.29, 1.82) is 0 Å². The number of carbonyl (C=O) groups excluding carboxylic acids is 1. The lowest BCUT2D eigenvalue weighted by Gasteiger charge is -2.09. The van der Waals surface area contributed by atoms with E-state index in [1.807, 2.05) is 0 Å². The number of nitrogens with one attached hydrogen (secondary N) is 1. The molecule has 0 aromatic heterocycles. The number of benzene rings is 1. The Balaban J connectivity index is 2.58. The van der Waals surface area contributed by atoms with E-state index >= 15 is 0 Å². The highest BCUT2D eigenvalue weighted by Crippen LogP contribution is 2.09. The summed E-state index contributed by atoms with van der Waals surface area (Å²) in [6, 6.07) is 3.23. The van der Waals surface area contributed by atoms with Crippen LogP contribution in [0.3, 0.4) is 0 Å². The van der Waals surface area contributed by atoms with Crippen molar-refractivity contribution in [2.24, 2.45) is 5.92 Å². The van der Waals surface area contributed by atoms with E-state index in [1.165, 1.54) is 6.07 Å². The van der Waals surface area contributed by atoms with Crippen LogP contribution in [0.5, 0.6) is 0 Å². The van der Waals surface area contributed by atoms with E-state index in [1.54, 1.807) is 6.92 Å². The number of alkyl halides is 1. The second kappa shape index (κ2) is 5.80. The number of amides is 1. The fourth-order valence-electron chi connectivity index (χ4n) is 1.09. The van der Waals surface area contributed by atoms with Crippen molar-refractivity contribution >= 4 is 17.5 Å². The van der Waals surface area contributed by atoms with Gasteiger partial charge in [-0.2, -0.15) is 0 Å². The van der Waals surface area contributed by atoms with E-state index in [2.05, 4.69) is 5.32 Å². The van der Waals surface area contributed by atoms with Crippen LogP contribution in [0.1, 0.15) is 12.5 Å². The van der Waals surface area contributed by atoms with Crippen molar-refractivity contribution in [2.75, 3.05) is 5.88 Å². The molecule has 0 aliphatic rings. The summed E-state index contributed by atoms with van der Waals surface area (Å²) in [5.74, 6) is -1.68. The third kappa shape index (κ3) is 3.45. The molecule has 0 spiro atoms. The molecule has 1 aromatic rings. The van der Waals surface area contributed by atoms with E-state index < -0.39 is 11.6 Å². The molecule has 0 heterocycles. The first-order valence-corrected chi connectivity index (χ1v) is 5.35. The van der Waals surface area contributed by atoms with Crippen LogP contribution >= 0.6 is 11.6 Å². The summed E-state index contributed by atoms with van der Waals surface area (Å²) < 4.78 is 25.8. The first kappa shape index (κ1) is 12.9. The monoisotopic (exact) mass is 247 g/mol. The molecule has 16 heavy (non-hydrogen) atoms. The van der Waals surface area contributed by atoms with Crippen LogP contribution < -0.4 is 5.32 Å². The Kier molecular flexibility index (Phi) is 4.68. The first-order chi connectivity index (χ1) is 7.54. The minimum Gasteiger partial charge on any atom is -0.352 e. The maximum Gasteiger partial charge on any atom is 0.224 e. The second-order valence-corrected chi connectivity index (χ2v) is 3.82. The molecular weight excluding hydrogens is 236 g/mol. The van der Waals surface area contributed by atoms with Crippen LogP contribution in [-0.4, -0.2) is 11.8 Å². The van der Waals surface area contributed by atoms with E-state index in [0.717, 1.165) is 12.1 Å². The van der Waals surface area contributed by atoms with Gasteiger partial charge in [-0.25, -0.2) is 8.78 Å². The molecule has 0 bridgehead atoms. The first-order valence-electron chi connectivity index (χ1n) is 4.82. The zero-order chi connectivity index (χ0) is 12.1. The van der Waals surface area contributed by atoms with Crippen LogP contribution in [-0.2, 0) is 11.3 Å². The SMILES string of the molecule is CC(CCl)C(=O)NCc1ccc(F)cc1F. The van der Waals surface area contributed by atoms with Crippen molar-refractivity contribution < 1.29 is 13.6 Å². The molecule has 0 saturated heterocycles. The van der Waals surface area contributed by atoms with Crippen molar-refractivity contribution in [3.63, 3.8) is 0 Å². The van der Waals surface area contributed by atoms with Gasteiger partial charge < -0.3 is 5.32 Å². The van der Waals surface area contributed by atoms with Gasteiger partial charge in [0.15, 0.2) is 0 Å². The Morgan fingerprint density at radius 1 is 1.50 bits per heavy atom. The highest BCUT2D eigenvalue weighted by atomic mass is 35.5. The van der Waals surface area contributed by atoms with Gasteiger partial charge in [-0.05, 0) is 6.07 Å². The number of hydrogen-bond acceptors (Lipinski definition) is 1. The van der Waals surface area contributed by atoms with Gasteiger partial charge in [0.2, 0.25) is 5.91 Å². The van der Waals surface area contributed by atoms with Gasteiger partial charge in [-0.1, -0.05) is 13.0 Å². The van der Waals surface area contributed by atoms with Gasteiger partial charge in [0, 0.05) is 30.0 Å². The number of carbonyl (C=O) groups is 1. The molecule has 1 unspecified atom stereocenters. The smallest absolute Gasteiger partial charge is 0.224 e. The van der Waals surface area contributed by atoms with Crippen LogP contribution in [0.2, 0.25) is 0 Å². The van der Waals surface area contributed by atoms with E-state index in [-0.39, 0.29) is 29.8 Å². The second-order valence-electron chi connectivity index (χ2n) is 3.51. The molecule has 0 aliphatic carbocycles. The van der Waals surface area contributed by atoms with Crippen LogP contribution in [0.25, 0.3) is 0 Å². The molecule has 0 fully saturated rings. The lowest BCUT2D eigenvalue weighted by atomic mass is 10.1. The Bertz CT molecular complexity index is 384. The Morgan fingerprint density at radius 3 is 2.75 bits per heavy atom. The van der Waals surface area contributed by atoms with Gasteiger partial charge in [0.25, 0.3) is 0 Å². The average molecular weight is 248 g/mol. The zero-order valence-corrected chi connectivity index (χ0v) is 9.52. The topological polar surface area (TPSA) is 29.1 Å². The molecule has 1 atom stereocenters. The molecule has 1 rings (SSSR count). The summed E-state index contributed by atoms with van der Waals surface area (Å²) in [6.45, 7) is 1.70. The Hall–Kier alpha value is -1.16. The fraction of sp³-hybridized carbons (Fsp3) is 0.364. The van der Waals surface area contributed by atoms with Crippen LogP contribution in [0.4, 0.5) is 8.78 Å². The van der Waals surface area contributed by atoms with Crippen LogP contribution in [0, 0.1) is 17.6 Å². The van der Waals surface area contributed by atoms with Crippen molar-refractivity contribution in [3.8, 4) is 0 Å². The molecular formula is C11H12ClF2NO. The standard InChI is InChI=1S/C11H12ClF2NO/c1-7(5-12)11(16)15-6-8-2-3-9(13)4-10(8)14/h2-4,7H,5-6H2,1H3,(H,15,16). The molecule has 0 aliphatic heterocycles. The molecule has 1 aromatic carbocycles. The minimum absolute atomic E-state index is 0.0339. The highest BCUT2D eigenvalue weighted by Gasteiger charge is 2.11. The third-order valence-electron chi connectivity index (χ3n) is 2.15. The summed E-state index contributed by atoms with van der Waals surface area (Å²) >= 11 is 5.50. The van der Waals surface area contributed by atoms with Gasteiger partial charge in [-0.3, -0.25) is 4.79 Å². The number of hydrogen-bond donors (Lipinski definition) is 1. The van der Waals surface area contributed by atoms with Gasteiger partial charge in [0.05, 0.1) is 0 Å². The molecule has 1 N–H and O–H groups in total. The maximum absolute atomic E-state index is 13.2. The zero-order valence-electron chi connectivity index (χ0n) is 8.77. The molecule has 2 nitrogen and oxygen atoms in total. The predicted octanol–water partition coefficient (Wildman–Crippen LogP) is 2.46. The molecule has 88 valence electrons. The normalized spacial score (nSPS) is 12.2. The third-order valence-corrected chi connectivity index (χ3v) is 2.61. The molecule has 0 radical (unpaired) electrons. The van der Waals surface area contributed by atoms with Gasteiger partial charge in [-0.15, -0.1) is 11.6 Å². The summed E-state index contributed by atoms with van der Waals surface area (Å²) in [5, 5.41) is 2.52. The number of rotatable bonds is 4. The van der Waals surface area contributed by atoms with Crippen molar-refractivity contribution in [3.05, 3.63) is 35.4 Å². The summed E-state index contributed by atoms with van der Waals surface area (Å²) in [7, 11) is 0. The Labute approximate surface area is 97.6 Å². The largest absolute Gasteiger partial charge is 0.352 e. The molecule has 5 heteroatoms. The summed E-state index contributed by atoms with van der Waals surface area (Å²) in [5.41, 5.74) is 0.247. The quantitative estimate of drug-likeness (QED) is 0.814. The van der Waals surface area contributed by atoms with E-state index in [9.17, 15) is 13.6 Å². The average Bonchev–Trinajstić information content (AvgIpc) is 2.26. The molecule has 1 amide bonds. The van der Waals surface area contributed by atoms with E-state index in [4.69, 9.17) is 11.6 Å². The predicted molar refractivity (Wildman–Crippen MR) is 58.1 cm³/mol. The number of halogens is 3. The Morgan fingerprint density at radius 2 is 2.19 bits per heavy atom. The van der Waals surface area contributed by atoms with Crippen LogP contribution in [0.15, 0.2) is 18.2 Å². The fourth-order valence-corrected chi connectivity index (χ4v) is 1.23. The molecule has 0 saturated carbocycles. The minimum atomic E-state index is -0.668. The lowest BCUT2D eigenvalue weighted by Crippen LogP contribution is -2.29. The summed E-state index contributed by atoms with van der Waals surface area (Å²) in [4.78, 5) is 11.3. The van der Waals surface area contributed by atoms with Crippen molar-refractivity contribution in [1.82, 2.24) is 5.32 Å². The van der Waals surface area contributed by atoms with Gasteiger partial charge >= 0.3 is 0 Å². The van der Waals surface area contributed by atoms with Crippen molar-refractivity contribution in [2.45, 2.75) is 13.5 Å². The lowest BCUT2D eigenvalue weighted by molar-refractivity contribution is -0.124. The maximum atomic E-state index is 13.2. The highest BCUT2D eigenvalue weighted by molar-refractivity contribution is 6.19.